The molecule has 0 atom stereocenters. The number of nitrogens with two attached hydrogens (primary N) is 1. The minimum absolute atomic E-state index is 0.547. The van der Waals surface area contributed by atoms with Gasteiger partial charge in [0.25, 0.3) is 0 Å². The van der Waals surface area contributed by atoms with Crippen LogP contribution in [0.25, 0.3) is 10.6 Å². The fourth-order valence-corrected chi connectivity index (χ4v) is 3.05. The van der Waals surface area contributed by atoms with E-state index in [1.54, 1.807) is 11.3 Å². The molecule has 0 aliphatic heterocycles. The van der Waals surface area contributed by atoms with Crippen LogP contribution in [0.15, 0.2) is 18.0 Å². The van der Waals surface area contributed by atoms with Gasteiger partial charge in [0.15, 0.2) is 0 Å². The SMILES string of the molecule is C=CCCNc1snc(N)c1-c1nc(C)cs1. The van der Waals surface area contributed by atoms with E-state index in [0.717, 1.165) is 34.2 Å². The predicted molar refractivity (Wildman–Crippen MR) is 75.7 cm³/mol. The minimum Gasteiger partial charge on any atom is -0.382 e. The average molecular weight is 266 g/mol. The number of aryl methyl sites for hydroxylation is 1. The fraction of sp³-hybridized carbons (Fsp3) is 0.273. The molecule has 3 N–H and O–H groups in total. The molecule has 0 aromatic carbocycles. The molecule has 2 aromatic rings. The average Bonchev–Trinajstić information content (AvgIpc) is 2.86. The van der Waals surface area contributed by atoms with E-state index in [1.165, 1.54) is 11.5 Å². The van der Waals surface area contributed by atoms with Gasteiger partial charge < -0.3 is 11.1 Å². The fourth-order valence-electron chi connectivity index (χ4n) is 1.39. The van der Waals surface area contributed by atoms with Crippen molar-refractivity contribution in [3.63, 3.8) is 0 Å². The Balaban J connectivity index is 2.26. The van der Waals surface area contributed by atoms with Gasteiger partial charge in [-0.1, -0.05) is 6.08 Å². The van der Waals surface area contributed by atoms with Crippen molar-refractivity contribution < 1.29 is 0 Å². The van der Waals surface area contributed by atoms with Gasteiger partial charge in [-0.05, 0) is 24.9 Å². The Hall–Kier alpha value is -1.40. The van der Waals surface area contributed by atoms with Crippen LogP contribution in [0.1, 0.15) is 12.1 Å². The van der Waals surface area contributed by atoms with E-state index in [1.807, 2.05) is 18.4 Å². The van der Waals surface area contributed by atoms with Crippen molar-refractivity contribution in [3.05, 3.63) is 23.7 Å². The van der Waals surface area contributed by atoms with Crippen LogP contribution >= 0.6 is 22.9 Å². The summed E-state index contributed by atoms with van der Waals surface area (Å²) in [4.78, 5) is 4.45. The summed E-state index contributed by atoms with van der Waals surface area (Å²) < 4.78 is 4.18. The van der Waals surface area contributed by atoms with Gasteiger partial charge in [-0.2, -0.15) is 4.37 Å². The maximum Gasteiger partial charge on any atom is 0.149 e. The number of nitrogen functional groups attached to an aromatic ring is 1. The highest BCUT2D eigenvalue weighted by Gasteiger charge is 2.15. The molecule has 2 aromatic heterocycles. The highest BCUT2D eigenvalue weighted by molar-refractivity contribution is 7.15. The highest BCUT2D eigenvalue weighted by atomic mass is 32.1. The standard InChI is InChI=1S/C11H14N4S2/c1-3-4-5-13-10-8(9(12)15-17-10)11-14-7(2)6-16-11/h3,6,13H,1,4-5H2,2H3,(H2,12,15). The number of aromatic nitrogens is 2. The van der Waals surface area contributed by atoms with Crippen LogP contribution in [0.3, 0.4) is 0 Å². The lowest BCUT2D eigenvalue weighted by molar-refractivity contribution is 1.08. The molecule has 0 saturated heterocycles. The Kier molecular flexibility index (Phi) is 3.75. The molecule has 0 amide bonds. The molecule has 0 aliphatic carbocycles. The van der Waals surface area contributed by atoms with Crippen LogP contribution in [-0.4, -0.2) is 15.9 Å². The van der Waals surface area contributed by atoms with Gasteiger partial charge in [-0.3, -0.25) is 0 Å². The Morgan fingerprint density at radius 3 is 3.06 bits per heavy atom. The van der Waals surface area contributed by atoms with Gasteiger partial charge >= 0.3 is 0 Å². The molecule has 0 radical (unpaired) electrons. The number of rotatable bonds is 5. The van der Waals surface area contributed by atoms with Crippen LogP contribution in [0.4, 0.5) is 10.8 Å². The summed E-state index contributed by atoms with van der Waals surface area (Å²) >= 11 is 2.97. The summed E-state index contributed by atoms with van der Waals surface area (Å²) in [5.41, 5.74) is 7.83. The predicted octanol–water partition coefficient (Wildman–Crippen LogP) is 3.15. The molecule has 6 heteroatoms. The lowest BCUT2D eigenvalue weighted by Gasteiger charge is -2.03. The molecular weight excluding hydrogens is 252 g/mol. The highest BCUT2D eigenvalue weighted by Crippen LogP contribution is 2.38. The second-order valence-corrected chi connectivity index (χ2v) is 5.20. The normalized spacial score (nSPS) is 10.4. The summed E-state index contributed by atoms with van der Waals surface area (Å²) in [5, 5.41) is 7.24. The van der Waals surface area contributed by atoms with Crippen molar-refractivity contribution in [2.75, 3.05) is 17.6 Å². The summed E-state index contributed by atoms with van der Waals surface area (Å²) in [6.45, 7) is 6.50. The van der Waals surface area contributed by atoms with Crippen molar-refractivity contribution in [2.45, 2.75) is 13.3 Å². The third kappa shape index (κ3) is 2.65. The first kappa shape index (κ1) is 12.1. The van der Waals surface area contributed by atoms with E-state index in [4.69, 9.17) is 5.73 Å². The molecular formula is C11H14N4S2. The van der Waals surface area contributed by atoms with Gasteiger partial charge in [0.2, 0.25) is 0 Å². The van der Waals surface area contributed by atoms with E-state index < -0.39 is 0 Å². The van der Waals surface area contributed by atoms with Crippen molar-refractivity contribution in [1.82, 2.24) is 9.36 Å². The molecule has 17 heavy (non-hydrogen) atoms. The largest absolute Gasteiger partial charge is 0.382 e. The smallest absolute Gasteiger partial charge is 0.149 e. The third-order valence-electron chi connectivity index (χ3n) is 2.19. The van der Waals surface area contributed by atoms with Gasteiger partial charge in [0, 0.05) is 17.6 Å². The third-order valence-corrected chi connectivity index (χ3v) is 3.98. The van der Waals surface area contributed by atoms with E-state index in [0.29, 0.717) is 5.82 Å². The molecule has 0 aliphatic rings. The number of nitrogens with one attached hydrogen (secondary N) is 1. The van der Waals surface area contributed by atoms with Crippen LogP contribution in [0.5, 0.6) is 0 Å². The monoisotopic (exact) mass is 266 g/mol. The first-order chi connectivity index (χ1) is 8.22. The van der Waals surface area contributed by atoms with E-state index in [9.17, 15) is 0 Å². The molecule has 0 bridgehead atoms. The Morgan fingerprint density at radius 2 is 2.41 bits per heavy atom. The molecule has 0 saturated carbocycles. The minimum atomic E-state index is 0.547. The lowest BCUT2D eigenvalue weighted by Crippen LogP contribution is -1.99. The number of nitrogens with zero attached hydrogens (tertiary/aromatic N) is 2. The quantitative estimate of drug-likeness (QED) is 0.644. The summed E-state index contributed by atoms with van der Waals surface area (Å²) in [7, 11) is 0. The maximum atomic E-state index is 5.89. The van der Waals surface area contributed by atoms with Crippen LogP contribution in [-0.2, 0) is 0 Å². The van der Waals surface area contributed by atoms with E-state index >= 15 is 0 Å². The number of thiazole rings is 1. The van der Waals surface area contributed by atoms with Crippen molar-refractivity contribution in [1.29, 1.82) is 0 Å². The molecule has 2 heterocycles. The van der Waals surface area contributed by atoms with Gasteiger partial charge in [-0.25, -0.2) is 4.98 Å². The Bertz CT molecular complexity index is 515. The van der Waals surface area contributed by atoms with E-state index in [2.05, 4.69) is 21.3 Å². The molecule has 90 valence electrons. The van der Waals surface area contributed by atoms with Crippen LogP contribution in [0, 0.1) is 6.92 Å². The first-order valence-corrected chi connectivity index (χ1v) is 6.90. The maximum absolute atomic E-state index is 5.89. The van der Waals surface area contributed by atoms with Gasteiger partial charge in [-0.15, -0.1) is 17.9 Å². The van der Waals surface area contributed by atoms with Crippen LogP contribution < -0.4 is 11.1 Å². The Labute approximate surface area is 108 Å². The Morgan fingerprint density at radius 1 is 1.59 bits per heavy atom. The number of hydrogen-bond donors (Lipinski definition) is 2. The molecule has 0 spiro atoms. The van der Waals surface area contributed by atoms with Gasteiger partial charge in [0.1, 0.15) is 15.8 Å². The zero-order valence-electron chi connectivity index (χ0n) is 9.56. The zero-order chi connectivity index (χ0) is 12.3. The zero-order valence-corrected chi connectivity index (χ0v) is 11.2. The van der Waals surface area contributed by atoms with Crippen molar-refractivity contribution in [2.24, 2.45) is 0 Å². The summed E-state index contributed by atoms with van der Waals surface area (Å²) in [6.07, 6.45) is 2.79. The lowest BCUT2D eigenvalue weighted by atomic mass is 10.3. The first-order valence-electron chi connectivity index (χ1n) is 5.24. The van der Waals surface area contributed by atoms with Gasteiger partial charge in [0.05, 0.1) is 5.56 Å². The van der Waals surface area contributed by atoms with Crippen molar-refractivity contribution in [3.8, 4) is 10.6 Å². The van der Waals surface area contributed by atoms with Crippen LogP contribution in [0.2, 0.25) is 0 Å². The molecule has 2 rings (SSSR count). The molecule has 0 fully saturated rings. The molecule has 4 nitrogen and oxygen atoms in total. The number of hydrogen-bond acceptors (Lipinski definition) is 6. The molecule has 0 unspecified atom stereocenters. The topological polar surface area (TPSA) is 63.8 Å². The second-order valence-electron chi connectivity index (χ2n) is 3.57. The van der Waals surface area contributed by atoms with Crippen molar-refractivity contribution >= 4 is 33.7 Å². The summed E-state index contributed by atoms with van der Waals surface area (Å²) in [6, 6.07) is 0. The van der Waals surface area contributed by atoms with E-state index in [-0.39, 0.29) is 0 Å². The second kappa shape index (κ2) is 5.29. The number of anilines is 2. The summed E-state index contributed by atoms with van der Waals surface area (Å²) in [5.74, 6) is 0.547.